The number of hydrogen-bond donors (Lipinski definition) is 0. The van der Waals surface area contributed by atoms with Crippen molar-refractivity contribution in [1.29, 1.82) is 0 Å². The number of esters is 1. The molecule has 0 aliphatic heterocycles. The fraction of sp³-hybridized carbons (Fsp3) is 0.703. The van der Waals surface area contributed by atoms with Crippen molar-refractivity contribution in [3.8, 4) is 5.75 Å². The molecule has 0 saturated heterocycles. The fourth-order valence-electron chi connectivity index (χ4n) is 10.9. The third-order valence-corrected chi connectivity index (χ3v) is 12.4. The molecule has 3 nitrogen and oxygen atoms in total. The van der Waals surface area contributed by atoms with Crippen LogP contribution in [0.1, 0.15) is 109 Å². The van der Waals surface area contributed by atoms with Crippen LogP contribution in [0.25, 0.3) is 0 Å². The highest BCUT2D eigenvalue weighted by Gasteiger charge is 2.68. The molecule has 0 bridgehead atoms. The van der Waals surface area contributed by atoms with Crippen LogP contribution in [0.15, 0.2) is 48.6 Å². The summed E-state index contributed by atoms with van der Waals surface area (Å²) >= 11 is 0. The lowest BCUT2D eigenvalue weighted by atomic mass is 9.35. The van der Waals surface area contributed by atoms with Crippen LogP contribution in [-0.2, 0) is 4.74 Å². The summed E-state index contributed by atoms with van der Waals surface area (Å²) in [6, 6.07) is 7.30. The first-order chi connectivity index (χ1) is 19.2. The van der Waals surface area contributed by atoms with Gasteiger partial charge >= 0.3 is 5.97 Å². The number of ether oxygens (including phenoxy) is 2. The van der Waals surface area contributed by atoms with Gasteiger partial charge < -0.3 is 9.47 Å². The van der Waals surface area contributed by atoms with Gasteiger partial charge in [-0.3, -0.25) is 0 Å². The second-order valence-electron chi connectivity index (χ2n) is 15.0. The molecule has 0 heterocycles. The van der Waals surface area contributed by atoms with E-state index in [0.717, 1.165) is 60.0 Å². The molecule has 0 amide bonds. The Morgan fingerprint density at radius 1 is 1.10 bits per heavy atom. The topological polar surface area (TPSA) is 35.5 Å². The normalized spacial score (nSPS) is 38.3. The first-order valence-corrected chi connectivity index (χ1v) is 16.5. The summed E-state index contributed by atoms with van der Waals surface area (Å²) < 4.78 is 11.6. The Bertz CT molecular complexity index is 1120. The Morgan fingerprint density at radius 3 is 2.65 bits per heavy atom. The van der Waals surface area contributed by atoms with Crippen LogP contribution >= 0.6 is 0 Å². The minimum absolute atomic E-state index is 0.00748. The van der Waals surface area contributed by atoms with Crippen LogP contribution in [-0.4, -0.2) is 18.7 Å². The Kier molecular flexibility index (Phi) is 7.72. The van der Waals surface area contributed by atoms with Gasteiger partial charge in [0.1, 0.15) is 18.5 Å². The lowest BCUT2D eigenvalue weighted by molar-refractivity contribution is -0.174. The van der Waals surface area contributed by atoms with Crippen molar-refractivity contribution in [1.82, 2.24) is 0 Å². The molecule has 1 unspecified atom stereocenters. The second-order valence-corrected chi connectivity index (χ2v) is 15.0. The van der Waals surface area contributed by atoms with E-state index < -0.39 is 0 Å². The molecule has 5 aliphatic carbocycles. The summed E-state index contributed by atoms with van der Waals surface area (Å²) in [6.07, 6.45) is 18.8. The third kappa shape index (κ3) is 4.78. The summed E-state index contributed by atoms with van der Waals surface area (Å²) in [5.74, 6) is 6.77. The van der Waals surface area contributed by atoms with E-state index in [9.17, 15) is 4.79 Å². The number of rotatable bonds is 10. The average molecular weight is 545 g/mol. The zero-order chi connectivity index (χ0) is 28.1. The highest BCUT2D eigenvalue weighted by molar-refractivity contribution is 5.89. The Balaban J connectivity index is 1.10. The van der Waals surface area contributed by atoms with Gasteiger partial charge in [-0.15, -0.1) is 0 Å². The van der Waals surface area contributed by atoms with E-state index >= 15 is 0 Å². The minimum atomic E-state index is -0.204. The monoisotopic (exact) mass is 544 g/mol. The first kappa shape index (κ1) is 28.1. The molecule has 0 N–H and O–H groups in total. The molecule has 6 rings (SSSR count). The predicted molar refractivity (Wildman–Crippen MR) is 162 cm³/mol. The van der Waals surface area contributed by atoms with Gasteiger partial charge in [-0.05, 0) is 121 Å². The van der Waals surface area contributed by atoms with Crippen molar-refractivity contribution < 1.29 is 14.3 Å². The maximum absolute atomic E-state index is 13.0. The van der Waals surface area contributed by atoms with Crippen molar-refractivity contribution in [3.63, 3.8) is 0 Å². The van der Waals surface area contributed by atoms with E-state index in [0.29, 0.717) is 23.0 Å². The summed E-state index contributed by atoms with van der Waals surface area (Å²) in [7, 11) is 0. The fourth-order valence-corrected chi connectivity index (χ4v) is 10.9. The third-order valence-electron chi connectivity index (χ3n) is 12.4. The molecule has 1 aromatic rings. The van der Waals surface area contributed by atoms with Gasteiger partial charge in [0.05, 0.1) is 5.56 Å². The van der Waals surface area contributed by atoms with Gasteiger partial charge in [-0.2, -0.15) is 0 Å². The molecule has 9 atom stereocenters. The van der Waals surface area contributed by atoms with E-state index in [-0.39, 0.29) is 12.1 Å². The second kappa shape index (κ2) is 11.0. The van der Waals surface area contributed by atoms with Crippen LogP contribution in [0.5, 0.6) is 5.75 Å². The zero-order valence-corrected chi connectivity index (χ0v) is 25.5. The van der Waals surface area contributed by atoms with Crippen LogP contribution < -0.4 is 4.74 Å². The van der Waals surface area contributed by atoms with Crippen LogP contribution in [0, 0.1) is 52.3 Å². The number of carbonyl (C=O) groups excluding carboxylic acids is 1. The van der Waals surface area contributed by atoms with Crippen LogP contribution in [0.2, 0.25) is 0 Å². The minimum Gasteiger partial charge on any atom is -0.490 e. The smallest absolute Gasteiger partial charge is 0.338 e. The number of fused-ring (bicyclic) bond motifs is 2. The van der Waals surface area contributed by atoms with Crippen molar-refractivity contribution in [3.05, 3.63) is 54.1 Å². The number of allylic oxidation sites excluding steroid dienone is 1. The predicted octanol–water partition coefficient (Wildman–Crippen LogP) is 9.43. The van der Waals surface area contributed by atoms with E-state index in [4.69, 9.17) is 9.47 Å². The van der Waals surface area contributed by atoms with Gasteiger partial charge in [0.25, 0.3) is 0 Å². The van der Waals surface area contributed by atoms with E-state index in [1.165, 1.54) is 57.8 Å². The Hall–Kier alpha value is -2.03. The van der Waals surface area contributed by atoms with E-state index in [1.54, 1.807) is 11.6 Å². The van der Waals surface area contributed by atoms with Crippen molar-refractivity contribution >= 4 is 5.97 Å². The SMILES string of the molecule is C=CCOc1ccc(C(=O)O[C@H]2CC[C@@]34CC5C[C@]6(C)[C@@H]([C@H](C)CCCC(C)C)CC[C@H]6[C@H](CC=C3C2)[C@H]54)cc1. The highest BCUT2D eigenvalue weighted by atomic mass is 16.5. The lowest BCUT2D eigenvalue weighted by Gasteiger charge is -2.70. The molecule has 4 saturated carbocycles. The Morgan fingerprint density at radius 2 is 1.90 bits per heavy atom. The molecular formula is C37H52O3. The first-order valence-electron chi connectivity index (χ1n) is 16.5. The summed E-state index contributed by atoms with van der Waals surface area (Å²) in [6.45, 7) is 14.2. The molecule has 0 aromatic heterocycles. The van der Waals surface area contributed by atoms with Crippen molar-refractivity contribution in [2.75, 3.05) is 6.61 Å². The zero-order valence-electron chi connectivity index (χ0n) is 25.5. The maximum atomic E-state index is 13.0. The van der Waals surface area contributed by atoms with Gasteiger partial charge in [-0.25, -0.2) is 4.79 Å². The number of benzene rings is 1. The molecule has 0 radical (unpaired) electrons. The molecule has 40 heavy (non-hydrogen) atoms. The van der Waals surface area contributed by atoms with Crippen LogP contribution in [0.3, 0.4) is 0 Å². The summed E-state index contributed by atoms with van der Waals surface area (Å²) in [4.78, 5) is 13.0. The number of hydrogen-bond acceptors (Lipinski definition) is 3. The summed E-state index contributed by atoms with van der Waals surface area (Å²) in [5.41, 5.74) is 3.22. The van der Waals surface area contributed by atoms with Gasteiger partial charge in [0.2, 0.25) is 0 Å². The summed E-state index contributed by atoms with van der Waals surface area (Å²) in [5, 5.41) is 0. The quantitative estimate of drug-likeness (QED) is 0.217. The van der Waals surface area contributed by atoms with E-state index in [2.05, 4.69) is 40.3 Å². The van der Waals surface area contributed by atoms with Crippen molar-refractivity contribution in [2.24, 2.45) is 52.3 Å². The standard InChI is InChI=1S/C37H52O3/c1-6-20-39-29-13-10-26(11-14-29)35(38)40-30-18-19-37-23-27-22-36(5)32(25(4)9-7-8-24(2)3)16-17-33(36)31(34(27)37)15-12-28(37)21-30/h6,10-14,24-25,27,30-34H,1,7-9,15-23H2,2-5H3/t25-,27?,30+,31+,32-,33+,34+,36-,37-/m1/s1. The lowest BCUT2D eigenvalue weighted by Crippen LogP contribution is -2.63. The average Bonchev–Trinajstić information content (AvgIpc) is 3.28. The maximum Gasteiger partial charge on any atom is 0.338 e. The highest BCUT2D eigenvalue weighted by Crippen LogP contribution is 2.76. The molecule has 3 heteroatoms. The molecule has 218 valence electrons. The van der Waals surface area contributed by atoms with Gasteiger partial charge in [0.15, 0.2) is 0 Å². The molecular weight excluding hydrogens is 492 g/mol. The Labute approximate surface area is 243 Å². The van der Waals surface area contributed by atoms with Crippen molar-refractivity contribution in [2.45, 2.75) is 104 Å². The van der Waals surface area contributed by atoms with Gasteiger partial charge in [-0.1, -0.05) is 71.3 Å². The molecule has 1 aromatic carbocycles. The number of carbonyl (C=O) groups is 1. The van der Waals surface area contributed by atoms with E-state index in [1.807, 2.05) is 24.3 Å². The molecule has 4 fully saturated rings. The molecule has 5 aliphatic rings. The largest absolute Gasteiger partial charge is 0.490 e. The van der Waals surface area contributed by atoms with Crippen LogP contribution in [0.4, 0.5) is 0 Å². The molecule has 1 spiro atoms. The van der Waals surface area contributed by atoms with Gasteiger partial charge in [0, 0.05) is 6.42 Å².